The molecule has 1 aliphatic heterocycles. The number of aliphatic hydroxyl groups excluding tert-OH is 2. The Morgan fingerprint density at radius 2 is 1.68 bits per heavy atom. The van der Waals surface area contributed by atoms with Crippen LogP contribution in [0.1, 0.15) is 11.8 Å². The van der Waals surface area contributed by atoms with Crippen molar-refractivity contribution in [2.75, 3.05) is 19.0 Å². The van der Waals surface area contributed by atoms with Crippen LogP contribution in [0, 0.1) is 0 Å². The summed E-state index contributed by atoms with van der Waals surface area (Å²) in [4.78, 5) is 47.4. The maximum absolute atomic E-state index is 13.9. The second kappa shape index (κ2) is 15.9. The van der Waals surface area contributed by atoms with Crippen molar-refractivity contribution in [2.45, 2.75) is 23.9 Å². The Bertz CT molecular complexity index is 1190. The van der Waals surface area contributed by atoms with E-state index in [-0.39, 0.29) is 135 Å². The van der Waals surface area contributed by atoms with E-state index in [2.05, 4.69) is 23.2 Å². The van der Waals surface area contributed by atoms with Gasteiger partial charge in [-0.2, -0.15) is 5.10 Å². The Labute approximate surface area is 296 Å². The van der Waals surface area contributed by atoms with E-state index in [0.29, 0.717) is 0 Å². The van der Waals surface area contributed by atoms with Crippen LogP contribution in [0.25, 0.3) is 5.52 Å². The van der Waals surface area contributed by atoms with Gasteiger partial charge < -0.3 is 49.3 Å². The predicted molar refractivity (Wildman–Crippen MR) is 92.9 cm³/mol. The van der Waals surface area contributed by atoms with Crippen LogP contribution >= 0.6 is 23.5 Å². The summed E-state index contributed by atoms with van der Waals surface area (Å²) in [5.41, 5.74) is 3.46. The van der Waals surface area contributed by atoms with Gasteiger partial charge in [-0.25, -0.2) is 18.2 Å². The van der Waals surface area contributed by atoms with E-state index >= 15 is 0 Å². The Balaban J connectivity index is 0. The van der Waals surface area contributed by atoms with Gasteiger partial charge in [0.1, 0.15) is 42.4 Å². The number of nitrogen functional groups attached to an aromatic ring is 1. The summed E-state index contributed by atoms with van der Waals surface area (Å²) in [6.07, 6.45) is -4.40. The van der Waals surface area contributed by atoms with E-state index in [1.807, 2.05) is 0 Å². The minimum absolute atomic E-state index is 0. The van der Waals surface area contributed by atoms with Crippen LogP contribution in [-0.4, -0.2) is 55.9 Å². The minimum atomic E-state index is -6.25. The number of rotatable bonds is 9. The summed E-state index contributed by atoms with van der Waals surface area (Å²) in [5, 5.41) is 24.6. The number of nitrogens with two attached hydrogens (primary N) is 1. The first-order chi connectivity index (χ1) is 15.1. The number of ether oxygens (including phenoxy) is 1. The van der Waals surface area contributed by atoms with Crippen LogP contribution in [0.4, 0.5) is 10.2 Å². The number of alkyl halides is 1. The molecule has 6 atom stereocenters. The molecular weight excluding hydrogens is 612 g/mol. The van der Waals surface area contributed by atoms with Crippen molar-refractivity contribution in [3.63, 3.8) is 0 Å². The van der Waals surface area contributed by atoms with Crippen molar-refractivity contribution >= 4 is 34.8 Å². The van der Waals surface area contributed by atoms with Gasteiger partial charge in [0, 0.05) is 0 Å². The molecule has 4 N–H and O–H groups in total. The first-order valence-corrected chi connectivity index (χ1v) is 12.9. The molecule has 2 aromatic heterocycles. The van der Waals surface area contributed by atoms with Crippen molar-refractivity contribution in [3.05, 3.63) is 24.2 Å². The standard InChI is InChI=1S/C12H18FN4O13P3.4Na/c13-3-12(4-27-32(23,24)30-33(25,26)29-31(20,21)22)10(19)8(18)9(28-12)6-1-2-7-11(14)15-5-16-17(6)7;;;;/h1-2,5,8-10,18-19H,3-4H2,(H,23,24)(H,25,26)(H2,14,15,16)(H2,20,21,22);;;;/q;4*+1/p-4/t8-,9-,10-,12+;;;;/m0..../s1. The maximum atomic E-state index is 13.9. The molecule has 1 fully saturated rings. The molecule has 1 aliphatic rings. The summed E-state index contributed by atoms with van der Waals surface area (Å²) in [5.74, 6) is 0.0405. The van der Waals surface area contributed by atoms with E-state index in [1.165, 1.54) is 12.1 Å². The molecule has 17 nitrogen and oxygen atoms in total. The third kappa shape index (κ3) is 10.4. The zero-order valence-corrected chi connectivity index (χ0v) is 30.6. The normalized spacial score (nSPS) is 26.5. The molecule has 25 heteroatoms. The molecule has 0 radical (unpaired) electrons. The Morgan fingerprint density at radius 3 is 2.22 bits per heavy atom. The zero-order valence-electron chi connectivity index (χ0n) is 19.9. The fraction of sp³-hybridized carbons (Fsp3) is 0.500. The Hall–Kier alpha value is 2.64. The van der Waals surface area contributed by atoms with Crippen molar-refractivity contribution in [1.29, 1.82) is 0 Å². The number of hydrogen-bond acceptors (Lipinski definition) is 16. The van der Waals surface area contributed by atoms with Crippen LogP contribution in [0.5, 0.6) is 0 Å². The van der Waals surface area contributed by atoms with Gasteiger partial charge in [-0.15, -0.1) is 0 Å². The second-order valence-electron chi connectivity index (χ2n) is 6.65. The van der Waals surface area contributed by atoms with E-state index in [4.69, 9.17) is 10.5 Å². The van der Waals surface area contributed by atoms with Crippen LogP contribution in [0.15, 0.2) is 18.5 Å². The number of anilines is 1. The number of fused-ring (bicyclic) bond motifs is 1. The molecule has 3 rings (SSSR count). The van der Waals surface area contributed by atoms with Gasteiger partial charge in [0.2, 0.25) is 0 Å². The topological polar surface area (TPSA) is 277 Å². The van der Waals surface area contributed by atoms with E-state index in [0.717, 1.165) is 10.8 Å². The molecule has 0 spiro atoms. The fourth-order valence-corrected chi connectivity index (χ4v) is 5.95. The SMILES string of the molecule is Nc1ncnn2c([C@@H]3O[C@](CF)(COP(=O)([O-])OP(=O)([O-])OP(=O)([O-])[O-])[C@@H](O)[C@H]3O)ccc12.[Na+].[Na+].[Na+].[Na+]. The van der Waals surface area contributed by atoms with E-state index in [9.17, 15) is 47.9 Å². The van der Waals surface area contributed by atoms with Crippen molar-refractivity contribution in [3.8, 4) is 0 Å². The van der Waals surface area contributed by atoms with Gasteiger partial charge in [0.05, 0.1) is 20.1 Å². The summed E-state index contributed by atoms with van der Waals surface area (Å²) >= 11 is 0. The molecule has 0 saturated carbocycles. The smallest absolute Gasteiger partial charge is 0.790 e. The number of aliphatic hydroxyl groups is 2. The van der Waals surface area contributed by atoms with Gasteiger partial charge in [0.25, 0.3) is 15.6 Å². The summed E-state index contributed by atoms with van der Waals surface area (Å²) in [6, 6.07) is 2.78. The molecule has 0 aromatic carbocycles. The quantitative estimate of drug-likeness (QED) is 0.172. The average Bonchev–Trinajstić information content (AvgIpc) is 3.19. The number of phosphoric ester groups is 1. The monoisotopic (exact) mass is 626 g/mol. The molecule has 2 aromatic rings. The number of nitrogens with zero attached hydrogens (tertiary/aromatic N) is 3. The summed E-state index contributed by atoms with van der Waals surface area (Å²) in [6.45, 7) is -3.09. The number of aromatic nitrogens is 3. The molecule has 0 bridgehead atoms. The predicted octanol–water partition coefficient (Wildman–Crippen LogP) is -15.4. The summed E-state index contributed by atoms with van der Waals surface area (Å²) < 4.78 is 64.3. The van der Waals surface area contributed by atoms with Crippen LogP contribution in [0.2, 0.25) is 0 Å². The Kier molecular flexibility index (Phi) is 18.0. The van der Waals surface area contributed by atoms with Crippen LogP contribution < -0.4 is 144 Å². The molecule has 0 aliphatic carbocycles. The van der Waals surface area contributed by atoms with Gasteiger partial charge in [0.15, 0.2) is 5.82 Å². The molecular formula is C12H14FN4Na4O13P3. The van der Waals surface area contributed by atoms with Gasteiger partial charge in [-0.05, 0) is 12.1 Å². The minimum Gasteiger partial charge on any atom is -0.790 e. The number of halogens is 1. The van der Waals surface area contributed by atoms with Crippen molar-refractivity contribution < 1.29 is 184 Å². The molecule has 0 amide bonds. The maximum Gasteiger partial charge on any atom is 1.00 e. The van der Waals surface area contributed by atoms with E-state index in [1.54, 1.807) is 0 Å². The van der Waals surface area contributed by atoms with E-state index < -0.39 is 60.7 Å². The third-order valence-electron chi connectivity index (χ3n) is 4.43. The number of phosphoric acid groups is 3. The van der Waals surface area contributed by atoms with Crippen molar-refractivity contribution in [2.24, 2.45) is 0 Å². The van der Waals surface area contributed by atoms with Gasteiger partial charge in [-0.3, -0.25) is 13.4 Å². The zero-order chi connectivity index (χ0) is 24.8. The molecule has 3 heterocycles. The average molecular weight is 626 g/mol. The van der Waals surface area contributed by atoms with Crippen molar-refractivity contribution in [1.82, 2.24) is 14.6 Å². The van der Waals surface area contributed by atoms with Gasteiger partial charge in [-0.1, -0.05) is 0 Å². The molecule has 2 unspecified atom stereocenters. The molecule has 37 heavy (non-hydrogen) atoms. The van der Waals surface area contributed by atoms with Crippen LogP contribution in [-0.2, 0) is 31.6 Å². The Morgan fingerprint density at radius 1 is 1.08 bits per heavy atom. The molecule has 1 saturated heterocycles. The third-order valence-corrected chi connectivity index (χ3v) is 8.08. The van der Waals surface area contributed by atoms with Crippen LogP contribution in [0.3, 0.4) is 0 Å². The number of hydrogen-bond donors (Lipinski definition) is 3. The molecule has 186 valence electrons. The fourth-order valence-electron chi connectivity index (χ4n) is 3.03. The second-order valence-corrected chi connectivity index (χ2v) is 10.9. The summed E-state index contributed by atoms with van der Waals surface area (Å²) in [7, 11) is -18.5. The first-order valence-electron chi connectivity index (χ1n) is 8.49. The largest absolute Gasteiger partial charge is 1.00 e. The van der Waals surface area contributed by atoms with Gasteiger partial charge >= 0.3 is 118 Å². The first kappa shape index (κ1) is 41.8.